The minimum Gasteiger partial charge on any atom is -0.321 e. The van der Waals surface area contributed by atoms with Crippen LogP contribution in [-0.2, 0) is 22.4 Å². The molecule has 1 fully saturated rings. The molecule has 0 saturated carbocycles. The molecule has 3 aromatic carbocycles. The Morgan fingerprint density at radius 1 is 1.00 bits per heavy atom. The number of nitrogens with zero attached hydrogens (tertiary/aromatic N) is 2. The number of hydrogen-bond acceptors (Lipinski definition) is 4. The highest BCUT2D eigenvalue weighted by molar-refractivity contribution is 8.05. The van der Waals surface area contributed by atoms with E-state index in [1.165, 1.54) is 22.2 Å². The first-order valence-corrected chi connectivity index (χ1v) is 13.4. The molecule has 3 aromatic rings. The first kappa shape index (κ1) is 26.2. The summed E-state index contributed by atoms with van der Waals surface area (Å²) in [6.45, 7) is 8.30. The largest absolute Gasteiger partial charge is 0.321 e. The maximum absolute atomic E-state index is 13.7. The predicted molar refractivity (Wildman–Crippen MR) is 151 cm³/mol. The first-order chi connectivity index (χ1) is 17.8. The molecule has 1 saturated heterocycles. The van der Waals surface area contributed by atoms with Crippen molar-refractivity contribution in [1.82, 2.24) is 0 Å². The zero-order valence-corrected chi connectivity index (χ0v) is 22.4. The fourth-order valence-corrected chi connectivity index (χ4v) is 5.49. The number of amides is 2. The third kappa shape index (κ3) is 5.95. The summed E-state index contributed by atoms with van der Waals surface area (Å²) in [6, 6.07) is 25.5. The molecule has 5 nitrogen and oxygen atoms in total. The SMILES string of the molecule is CCc1ccc(CC2S/C(=C(/C#N)C(=O)Nc3ccc(C)cc3)N(c3ccc(C(C)C)cc3)C2=O)cc1. The van der Waals surface area contributed by atoms with Crippen LogP contribution in [0.5, 0.6) is 0 Å². The smallest absolute Gasteiger partial charge is 0.269 e. The molecule has 1 aliphatic rings. The van der Waals surface area contributed by atoms with Gasteiger partial charge in [0.2, 0.25) is 5.91 Å². The van der Waals surface area contributed by atoms with Crippen LogP contribution in [0.2, 0.25) is 0 Å². The fraction of sp³-hybridized carbons (Fsp3) is 0.258. The molecule has 0 aromatic heterocycles. The van der Waals surface area contributed by atoms with E-state index in [1.807, 2.05) is 55.5 Å². The Labute approximate surface area is 223 Å². The molecule has 1 atom stereocenters. The van der Waals surface area contributed by atoms with Crippen LogP contribution in [-0.4, -0.2) is 17.1 Å². The summed E-state index contributed by atoms with van der Waals surface area (Å²) in [7, 11) is 0. The van der Waals surface area contributed by atoms with Gasteiger partial charge in [0.1, 0.15) is 16.7 Å². The summed E-state index contributed by atoms with van der Waals surface area (Å²) < 4.78 is 0. The molecule has 0 radical (unpaired) electrons. The second-order valence-electron chi connectivity index (χ2n) is 9.51. The number of hydrogen-bond donors (Lipinski definition) is 1. The monoisotopic (exact) mass is 509 g/mol. The molecule has 6 heteroatoms. The van der Waals surface area contributed by atoms with Crippen LogP contribution in [0.3, 0.4) is 0 Å². The Hall–Kier alpha value is -3.82. The molecule has 1 N–H and O–H groups in total. The quantitative estimate of drug-likeness (QED) is 0.283. The fourth-order valence-electron chi connectivity index (χ4n) is 4.19. The Balaban J connectivity index is 1.71. The van der Waals surface area contributed by atoms with Gasteiger partial charge in [-0.3, -0.25) is 14.5 Å². The lowest BCUT2D eigenvalue weighted by atomic mass is 10.0. The Kier molecular flexibility index (Phi) is 8.15. The minimum atomic E-state index is -0.529. The van der Waals surface area contributed by atoms with E-state index < -0.39 is 11.2 Å². The molecule has 4 rings (SSSR count). The highest BCUT2D eigenvalue weighted by Gasteiger charge is 2.40. The summed E-state index contributed by atoms with van der Waals surface area (Å²) in [5.74, 6) is -0.312. The van der Waals surface area contributed by atoms with Gasteiger partial charge in [-0.15, -0.1) is 0 Å². The summed E-state index contributed by atoms with van der Waals surface area (Å²) in [6.07, 6.45) is 1.46. The molecule has 0 spiro atoms. The maximum atomic E-state index is 13.7. The third-order valence-corrected chi connectivity index (χ3v) is 7.75. The van der Waals surface area contributed by atoms with Crippen molar-refractivity contribution in [2.45, 2.75) is 51.7 Å². The van der Waals surface area contributed by atoms with Crippen LogP contribution in [0, 0.1) is 18.3 Å². The van der Waals surface area contributed by atoms with E-state index in [1.54, 1.807) is 12.1 Å². The lowest BCUT2D eigenvalue weighted by Crippen LogP contribution is -2.31. The van der Waals surface area contributed by atoms with E-state index in [2.05, 4.69) is 44.3 Å². The summed E-state index contributed by atoms with van der Waals surface area (Å²) >= 11 is 1.28. The normalized spacial score (nSPS) is 16.6. The molecule has 1 aliphatic heterocycles. The van der Waals surface area contributed by atoms with E-state index in [9.17, 15) is 14.9 Å². The van der Waals surface area contributed by atoms with Gasteiger partial charge in [-0.2, -0.15) is 5.26 Å². The first-order valence-electron chi connectivity index (χ1n) is 12.5. The standard InChI is InChI=1S/C31H31N3O2S/c1-5-22-8-10-23(11-9-22)18-28-30(36)34(26-16-12-24(13-17-26)20(2)3)31(37-28)27(19-32)29(35)33-25-14-6-21(4)7-15-25/h6-17,20,28H,5,18H2,1-4H3,(H,33,35)/b31-27-. The Bertz CT molecular complexity index is 1350. The summed E-state index contributed by atoms with van der Waals surface area (Å²) in [5, 5.41) is 12.8. The van der Waals surface area contributed by atoms with E-state index >= 15 is 0 Å². The molecule has 2 amide bonds. The van der Waals surface area contributed by atoms with Gasteiger partial charge in [-0.1, -0.05) is 86.6 Å². The number of aryl methyl sites for hydroxylation is 2. The lowest BCUT2D eigenvalue weighted by molar-refractivity contribution is -0.117. The number of anilines is 2. The van der Waals surface area contributed by atoms with Crippen molar-refractivity contribution < 1.29 is 9.59 Å². The third-order valence-electron chi connectivity index (χ3n) is 6.49. The van der Waals surface area contributed by atoms with Crippen molar-refractivity contribution in [2.75, 3.05) is 10.2 Å². The van der Waals surface area contributed by atoms with Gasteiger partial charge in [-0.05, 0) is 66.6 Å². The predicted octanol–water partition coefficient (Wildman–Crippen LogP) is 6.75. The van der Waals surface area contributed by atoms with Crippen molar-refractivity contribution >= 4 is 35.0 Å². The number of carbonyl (C=O) groups excluding carboxylic acids is 2. The molecule has 1 heterocycles. The van der Waals surface area contributed by atoms with E-state index in [4.69, 9.17) is 0 Å². The molecule has 1 unspecified atom stereocenters. The zero-order chi connectivity index (χ0) is 26.5. The second kappa shape index (κ2) is 11.5. The van der Waals surface area contributed by atoms with E-state index in [-0.39, 0.29) is 11.5 Å². The molecule has 0 bridgehead atoms. The number of nitriles is 1. The average molecular weight is 510 g/mol. The molecule has 37 heavy (non-hydrogen) atoms. The van der Waals surface area contributed by atoms with Gasteiger partial charge < -0.3 is 5.32 Å². The maximum Gasteiger partial charge on any atom is 0.269 e. The van der Waals surface area contributed by atoms with Crippen molar-refractivity contribution in [3.05, 3.63) is 106 Å². The molecular weight excluding hydrogens is 478 g/mol. The van der Waals surface area contributed by atoms with Crippen LogP contribution in [0.15, 0.2) is 83.4 Å². The van der Waals surface area contributed by atoms with Crippen molar-refractivity contribution in [1.29, 1.82) is 5.26 Å². The van der Waals surface area contributed by atoms with Crippen LogP contribution in [0.1, 0.15) is 48.9 Å². The van der Waals surface area contributed by atoms with Crippen LogP contribution < -0.4 is 10.2 Å². The topological polar surface area (TPSA) is 73.2 Å². The van der Waals surface area contributed by atoms with E-state index in [0.717, 1.165) is 23.1 Å². The second-order valence-corrected chi connectivity index (χ2v) is 10.7. The van der Waals surface area contributed by atoms with E-state index in [0.29, 0.717) is 28.7 Å². The average Bonchev–Trinajstić information content (AvgIpc) is 3.21. The highest BCUT2D eigenvalue weighted by atomic mass is 32.2. The molecular formula is C31H31N3O2S. The zero-order valence-electron chi connectivity index (χ0n) is 21.6. The molecule has 188 valence electrons. The van der Waals surface area contributed by atoms with Gasteiger partial charge >= 0.3 is 0 Å². The lowest BCUT2D eigenvalue weighted by Gasteiger charge is -2.19. The van der Waals surface area contributed by atoms with Gasteiger partial charge in [0.05, 0.1) is 5.25 Å². The van der Waals surface area contributed by atoms with Crippen LogP contribution in [0.25, 0.3) is 0 Å². The van der Waals surface area contributed by atoms with Gasteiger partial charge in [0, 0.05) is 11.4 Å². The number of carbonyl (C=O) groups is 2. The van der Waals surface area contributed by atoms with Crippen LogP contribution in [0.4, 0.5) is 11.4 Å². The van der Waals surface area contributed by atoms with Crippen molar-refractivity contribution in [2.24, 2.45) is 0 Å². The van der Waals surface area contributed by atoms with Crippen molar-refractivity contribution in [3.63, 3.8) is 0 Å². The van der Waals surface area contributed by atoms with Crippen LogP contribution >= 0.6 is 11.8 Å². The Morgan fingerprint density at radius 2 is 1.62 bits per heavy atom. The van der Waals surface area contributed by atoms with Gasteiger partial charge in [0.15, 0.2) is 0 Å². The number of thioether (sulfide) groups is 1. The van der Waals surface area contributed by atoms with Crippen molar-refractivity contribution in [3.8, 4) is 6.07 Å². The Morgan fingerprint density at radius 3 is 2.19 bits per heavy atom. The molecule has 0 aliphatic carbocycles. The number of rotatable bonds is 7. The summed E-state index contributed by atoms with van der Waals surface area (Å²) in [5.41, 5.74) is 5.67. The number of nitrogens with one attached hydrogen (secondary N) is 1. The summed E-state index contributed by atoms with van der Waals surface area (Å²) in [4.78, 5) is 28.5. The van der Waals surface area contributed by atoms with Gasteiger partial charge in [0.25, 0.3) is 5.91 Å². The minimum absolute atomic E-state index is 0.0734. The number of benzene rings is 3. The van der Waals surface area contributed by atoms with Gasteiger partial charge in [-0.25, -0.2) is 0 Å². The highest BCUT2D eigenvalue weighted by Crippen LogP contribution is 2.42.